The lowest BCUT2D eigenvalue weighted by molar-refractivity contribution is -0.140. The minimum atomic E-state index is -1.03. The Labute approximate surface area is 151 Å². The van der Waals surface area contributed by atoms with Crippen molar-refractivity contribution < 1.29 is 19.4 Å². The van der Waals surface area contributed by atoms with E-state index in [9.17, 15) is 14.7 Å². The molecule has 1 saturated carbocycles. The molecular formula is C19H21N3O4. The van der Waals surface area contributed by atoms with E-state index in [-0.39, 0.29) is 17.8 Å². The Morgan fingerprint density at radius 1 is 1.19 bits per heavy atom. The molecule has 7 nitrogen and oxygen atoms in total. The van der Waals surface area contributed by atoms with Crippen LogP contribution in [0, 0.1) is 0 Å². The maximum atomic E-state index is 12.0. The number of ketones is 1. The van der Waals surface area contributed by atoms with Crippen LogP contribution in [0.1, 0.15) is 22.8 Å². The summed E-state index contributed by atoms with van der Waals surface area (Å²) in [6.07, 6.45) is 2.36. The first-order valence-electron chi connectivity index (χ1n) is 8.48. The Bertz CT molecular complexity index is 764. The Hall–Kier alpha value is -2.77. The molecule has 0 radical (unpaired) electrons. The molecule has 1 aliphatic rings. The number of aliphatic hydroxyl groups excluding tert-OH is 1. The van der Waals surface area contributed by atoms with Crippen LogP contribution in [0.25, 0.3) is 0 Å². The number of nitrogens with one attached hydrogen (secondary N) is 2. The highest BCUT2D eigenvalue weighted by atomic mass is 16.5. The lowest BCUT2D eigenvalue weighted by atomic mass is 9.81. The van der Waals surface area contributed by atoms with Crippen molar-refractivity contribution in [3.05, 3.63) is 59.9 Å². The molecule has 0 aliphatic heterocycles. The van der Waals surface area contributed by atoms with Gasteiger partial charge in [-0.05, 0) is 48.9 Å². The van der Waals surface area contributed by atoms with E-state index in [0.29, 0.717) is 24.4 Å². The van der Waals surface area contributed by atoms with Gasteiger partial charge < -0.3 is 20.5 Å². The summed E-state index contributed by atoms with van der Waals surface area (Å²) in [4.78, 5) is 27.6. The predicted octanol–water partition coefficient (Wildman–Crippen LogP) is 1.14. The Morgan fingerprint density at radius 2 is 1.88 bits per heavy atom. The van der Waals surface area contributed by atoms with Crippen LogP contribution in [0.15, 0.2) is 48.8 Å². The number of Topliss-reactive ketones (excluding diaryl/α,β-unsaturated/α-hetero) is 1. The second-order valence-corrected chi connectivity index (χ2v) is 6.03. The number of esters is 1. The molecule has 0 amide bonds. The highest BCUT2D eigenvalue weighted by molar-refractivity contribution is 5.99. The van der Waals surface area contributed by atoms with Crippen LogP contribution in [0.5, 0.6) is 0 Å². The Balaban J connectivity index is 1.60. The number of hydrogen-bond acceptors (Lipinski definition) is 7. The van der Waals surface area contributed by atoms with E-state index < -0.39 is 12.1 Å². The number of ether oxygens (including phenoxy) is 1. The largest absolute Gasteiger partial charge is 0.462 e. The van der Waals surface area contributed by atoms with Gasteiger partial charge in [-0.2, -0.15) is 0 Å². The molecule has 0 bridgehead atoms. The van der Waals surface area contributed by atoms with Crippen LogP contribution < -0.4 is 10.6 Å². The van der Waals surface area contributed by atoms with E-state index in [1.54, 1.807) is 43.6 Å². The van der Waals surface area contributed by atoms with Gasteiger partial charge in [-0.1, -0.05) is 0 Å². The number of hydrogen-bond donors (Lipinski definition) is 3. The maximum absolute atomic E-state index is 12.0. The van der Waals surface area contributed by atoms with Crippen molar-refractivity contribution in [3.8, 4) is 0 Å². The van der Waals surface area contributed by atoms with Crippen molar-refractivity contribution in [3.63, 3.8) is 0 Å². The molecule has 3 N–H and O–H groups in total. The molecule has 3 unspecified atom stereocenters. The summed E-state index contributed by atoms with van der Waals surface area (Å²) in [5.74, 6) is -0.641. The highest BCUT2D eigenvalue weighted by Crippen LogP contribution is 2.23. The summed E-state index contributed by atoms with van der Waals surface area (Å²) in [6.45, 7) is 2.59. The number of carbonyl (C=O) groups excluding carboxylic acids is 2. The van der Waals surface area contributed by atoms with Crippen molar-refractivity contribution in [2.45, 2.75) is 31.7 Å². The molecule has 1 aromatic carbocycles. The molecule has 0 spiro atoms. The van der Waals surface area contributed by atoms with Crippen LogP contribution in [0.4, 0.5) is 5.69 Å². The van der Waals surface area contributed by atoms with Gasteiger partial charge in [0, 0.05) is 24.6 Å². The van der Waals surface area contributed by atoms with Crippen LogP contribution in [0.3, 0.4) is 0 Å². The van der Waals surface area contributed by atoms with Gasteiger partial charge in [0.1, 0.15) is 12.1 Å². The van der Waals surface area contributed by atoms with Crippen molar-refractivity contribution in [2.24, 2.45) is 0 Å². The number of anilines is 1. The zero-order chi connectivity index (χ0) is 18.5. The van der Waals surface area contributed by atoms with Crippen LogP contribution in [0.2, 0.25) is 0 Å². The number of nitrogens with zero attached hydrogens (tertiary/aromatic N) is 1. The second kappa shape index (κ2) is 8.07. The summed E-state index contributed by atoms with van der Waals surface area (Å²) in [7, 11) is 0. The third-order valence-electron chi connectivity index (χ3n) is 4.31. The first-order valence-corrected chi connectivity index (χ1v) is 8.48. The zero-order valence-electron chi connectivity index (χ0n) is 14.4. The molecule has 1 aliphatic carbocycles. The van der Waals surface area contributed by atoms with Gasteiger partial charge in [-0.3, -0.25) is 9.78 Å². The number of aliphatic hydroxyl groups is 1. The van der Waals surface area contributed by atoms with Gasteiger partial charge in [-0.15, -0.1) is 0 Å². The van der Waals surface area contributed by atoms with Crippen LogP contribution in [-0.4, -0.2) is 46.6 Å². The van der Waals surface area contributed by atoms with E-state index in [1.807, 2.05) is 12.1 Å². The lowest BCUT2D eigenvalue weighted by Crippen LogP contribution is -2.69. The third-order valence-corrected chi connectivity index (χ3v) is 4.31. The summed E-state index contributed by atoms with van der Waals surface area (Å²) in [5, 5.41) is 16.3. The van der Waals surface area contributed by atoms with E-state index in [2.05, 4.69) is 15.6 Å². The lowest BCUT2D eigenvalue weighted by Gasteiger charge is -2.41. The van der Waals surface area contributed by atoms with Crippen molar-refractivity contribution >= 4 is 17.4 Å². The van der Waals surface area contributed by atoms with Gasteiger partial charge in [0.25, 0.3) is 0 Å². The maximum Gasteiger partial charge on any atom is 0.338 e. The molecule has 136 valence electrons. The SMILES string of the molecule is CCOC(=O)c1ccc(NC2C(=O)C(O)C2NCc2ccncc2)cc1. The Kier molecular flexibility index (Phi) is 5.60. The van der Waals surface area contributed by atoms with Crippen molar-refractivity contribution in [2.75, 3.05) is 11.9 Å². The Morgan fingerprint density at radius 3 is 2.54 bits per heavy atom. The molecule has 2 aromatic rings. The first kappa shape index (κ1) is 18.0. The average Bonchev–Trinajstić information content (AvgIpc) is 2.68. The smallest absolute Gasteiger partial charge is 0.338 e. The van der Waals surface area contributed by atoms with Gasteiger partial charge in [0.05, 0.1) is 18.2 Å². The van der Waals surface area contributed by atoms with Crippen LogP contribution in [-0.2, 0) is 16.1 Å². The summed E-state index contributed by atoms with van der Waals surface area (Å²) in [5.41, 5.74) is 2.16. The molecule has 3 rings (SSSR count). The number of rotatable bonds is 7. The fourth-order valence-electron chi connectivity index (χ4n) is 2.82. The van der Waals surface area contributed by atoms with E-state index >= 15 is 0 Å². The standard InChI is InChI=1S/C19H21N3O4/c1-2-26-19(25)13-3-5-14(6-4-13)22-16-15(17(23)18(16)24)21-11-12-7-9-20-10-8-12/h3-10,15-17,21-23H,2,11H2,1H3. The van der Waals surface area contributed by atoms with Gasteiger partial charge >= 0.3 is 5.97 Å². The van der Waals surface area contributed by atoms with Gasteiger partial charge in [0.2, 0.25) is 0 Å². The monoisotopic (exact) mass is 355 g/mol. The van der Waals surface area contributed by atoms with Gasteiger partial charge in [-0.25, -0.2) is 4.79 Å². The van der Waals surface area contributed by atoms with Gasteiger partial charge in [0.15, 0.2) is 5.78 Å². The molecule has 3 atom stereocenters. The van der Waals surface area contributed by atoms with E-state index in [4.69, 9.17) is 4.74 Å². The highest BCUT2D eigenvalue weighted by Gasteiger charge is 2.48. The minimum Gasteiger partial charge on any atom is -0.462 e. The molecule has 7 heteroatoms. The van der Waals surface area contributed by atoms with Crippen molar-refractivity contribution in [1.82, 2.24) is 10.3 Å². The molecule has 1 heterocycles. The summed E-state index contributed by atoms with van der Waals surface area (Å²) >= 11 is 0. The third kappa shape index (κ3) is 3.89. The molecule has 26 heavy (non-hydrogen) atoms. The molecule has 1 aromatic heterocycles. The number of benzene rings is 1. The molecule has 1 fully saturated rings. The topological polar surface area (TPSA) is 101 Å². The molecular weight excluding hydrogens is 334 g/mol. The molecule has 0 saturated heterocycles. The van der Waals surface area contributed by atoms with E-state index in [1.165, 1.54) is 0 Å². The average molecular weight is 355 g/mol. The van der Waals surface area contributed by atoms with E-state index in [0.717, 1.165) is 5.56 Å². The second-order valence-electron chi connectivity index (χ2n) is 6.03. The van der Waals surface area contributed by atoms with Crippen LogP contribution >= 0.6 is 0 Å². The zero-order valence-corrected chi connectivity index (χ0v) is 14.4. The predicted molar refractivity (Wildman–Crippen MR) is 95.7 cm³/mol. The fourth-order valence-corrected chi connectivity index (χ4v) is 2.82. The summed E-state index contributed by atoms with van der Waals surface area (Å²) in [6, 6.07) is 9.53. The van der Waals surface area contributed by atoms with Crippen molar-refractivity contribution in [1.29, 1.82) is 0 Å². The fraction of sp³-hybridized carbons (Fsp3) is 0.316. The first-order chi connectivity index (χ1) is 12.6. The minimum absolute atomic E-state index is 0.258. The quantitative estimate of drug-likeness (QED) is 0.640. The summed E-state index contributed by atoms with van der Waals surface area (Å²) < 4.78 is 4.94. The number of aromatic nitrogens is 1. The normalized spacial score (nSPS) is 21.8. The number of carbonyl (C=O) groups is 2. The number of pyridine rings is 1.